The molecule has 0 aliphatic heterocycles. The highest BCUT2D eigenvalue weighted by molar-refractivity contribution is 5.04. The van der Waals surface area contributed by atoms with Crippen LogP contribution in [0.15, 0.2) is 24.3 Å². The molecule has 1 aliphatic carbocycles. The zero-order valence-electron chi connectivity index (χ0n) is 9.37. The van der Waals surface area contributed by atoms with Gasteiger partial charge in [0.05, 0.1) is 5.60 Å². The molecule has 0 saturated carbocycles. The van der Waals surface area contributed by atoms with Crippen molar-refractivity contribution in [3.05, 3.63) is 24.3 Å². The molecular formula is C13H22O. The van der Waals surface area contributed by atoms with Crippen LogP contribution in [-0.2, 0) is 0 Å². The molecule has 0 saturated heterocycles. The van der Waals surface area contributed by atoms with Crippen LogP contribution in [0.5, 0.6) is 0 Å². The maximum atomic E-state index is 9.94. The molecule has 1 heteroatoms. The summed E-state index contributed by atoms with van der Waals surface area (Å²) in [5.41, 5.74) is -0.601. The normalized spacial score (nSPS) is 26.6. The summed E-state index contributed by atoms with van der Waals surface area (Å²) in [7, 11) is 0. The molecule has 80 valence electrons. The Bertz CT molecular complexity index is 213. The minimum absolute atomic E-state index is 0.601. The highest BCUT2D eigenvalue weighted by Crippen LogP contribution is 2.22. The van der Waals surface area contributed by atoms with Gasteiger partial charge in [-0.1, -0.05) is 37.6 Å². The third-order valence-corrected chi connectivity index (χ3v) is 2.79. The lowest BCUT2D eigenvalue weighted by Crippen LogP contribution is -2.20. The lowest BCUT2D eigenvalue weighted by atomic mass is 9.91. The van der Waals surface area contributed by atoms with Crippen LogP contribution in [-0.4, -0.2) is 10.7 Å². The Balaban J connectivity index is 2.41. The second-order valence-corrected chi connectivity index (χ2v) is 4.51. The quantitative estimate of drug-likeness (QED) is 0.680. The molecule has 0 spiro atoms. The fraction of sp³-hybridized carbons (Fsp3) is 0.692. The Morgan fingerprint density at radius 2 is 2.29 bits per heavy atom. The molecule has 0 fully saturated rings. The van der Waals surface area contributed by atoms with Crippen LogP contribution < -0.4 is 0 Å². The summed E-state index contributed by atoms with van der Waals surface area (Å²) < 4.78 is 0. The van der Waals surface area contributed by atoms with Gasteiger partial charge in [-0.05, 0) is 38.5 Å². The first-order chi connectivity index (χ1) is 6.64. The maximum absolute atomic E-state index is 9.94. The standard InChI is InChI=1S/C13H22O/c1-3-10-13(2,14)11-9-12-7-5-4-6-8-12/h4-5,9,11-12,14H,3,6-8,10H2,1-2H3. The summed E-state index contributed by atoms with van der Waals surface area (Å²) in [4.78, 5) is 0. The summed E-state index contributed by atoms with van der Waals surface area (Å²) in [6, 6.07) is 0. The SMILES string of the molecule is CCCC(C)(O)C=CC1CC=CCC1. The number of hydrogen-bond acceptors (Lipinski definition) is 1. The molecule has 14 heavy (non-hydrogen) atoms. The van der Waals surface area contributed by atoms with Gasteiger partial charge in [0.25, 0.3) is 0 Å². The zero-order valence-corrected chi connectivity index (χ0v) is 9.37. The minimum Gasteiger partial charge on any atom is -0.386 e. The average Bonchev–Trinajstić information content (AvgIpc) is 2.17. The predicted molar refractivity (Wildman–Crippen MR) is 61.2 cm³/mol. The number of hydrogen-bond donors (Lipinski definition) is 1. The summed E-state index contributed by atoms with van der Waals surface area (Å²) in [5, 5.41) is 9.94. The Morgan fingerprint density at radius 1 is 1.50 bits per heavy atom. The third-order valence-electron chi connectivity index (χ3n) is 2.79. The highest BCUT2D eigenvalue weighted by Gasteiger charge is 2.15. The van der Waals surface area contributed by atoms with E-state index in [0.717, 1.165) is 19.3 Å². The summed E-state index contributed by atoms with van der Waals surface area (Å²) >= 11 is 0. The van der Waals surface area contributed by atoms with Crippen molar-refractivity contribution in [2.24, 2.45) is 5.92 Å². The topological polar surface area (TPSA) is 20.2 Å². The second kappa shape index (κ2) is 5.35. The molecule has 2 atom stereocenters. The van der Waals surface area contributed by atoms with Crippen LogP contribution in [0.4, 0.5) is 0 Å². The van der Waals surface area contributed by atoms with Crippen molar-refractivity contribution in [1.29, 1.82) is 0 Å². The van der Waals surface area contributed by atoms with Crippen LogP contribution in [0, 0.1) is 5.92 Å². The van der Waals surface area contributed by atoms with Crippen molar-refractivity contribution in [1.82, 2.24) is 0 Å². The first-order valence-corrected chi connectivity index (χ1v) is 5.71. The fourth-order valence-corrected chi connectivity index (χ4v) is 1.92. The number of allylic oxidation sites excluding steroid dienone is 3. The van der Waals surface area contributed by atoms with E-state index in [0.29, 0.717) is 5.92 Å². The molecule has 0 aromatic carbocycles. The van der Waals surface area contributed by atoms with E-state index in [4.69, 9.17) is 0 Å². The van der Waals surface area contributed by atoms with Crippen LogP contribution >= 0.6 is 0 Å². The first-order valence-electron chi connectivity index (χ1n) is 5.71. The molecular weight excluding hydrogens is 172 g/mol. The van der Waals surface area contributed by atoms with Crippen molar-refractivity contribution in [3.8, 4) is 0 Å². The van der Waals surface area contributed by atoms with E-state index >= 15 is 0 Å². The minimum atomic E-state index is -0.601. The molecule has 0 heterocycles. The molecule has 1 aliphatic rings. The molecule has 1 nitrogen and oxygen atoms in total. The molecule has 0 aromatic rings. The van der Waals surface area contributed by atoms with Crippen LogP contribution in [0.3, 0.4) is 0 Å². The Kier molecular flexibility index (Phi) is 4.40. The van der Waals surface area contributed by atoms with Crippen molar-refractivity contribution in [2.75, 3.05) is 0 Å². The van der Waals surface area contributed by atoms with E-state index in [1.807, 2.05) is 13.0 Å². The van der Waals surface area contributed by atoms with Gasteiger partial charge in [-0.15, -0.1) is 0 Å². The molecule has 1 rings (SSSR count). The van der Waals surface area contributed by atoms with E-state index in [9.17, 15) is 5.11 Å². The fourth-order valence-electron chi connectivity index (χ4n) is 1.92. The molecule has 0 radical (unpaired) electrons. The lowest BCUT2D eigenvalue weighted by Gasteiger charge is -2.20. The predicted octanol–water partition coefficient (Wildman–Crippen LogP) is 3.45. The van der Waals surface area contributed by atoms with Crippen LogP contribution in [0.2, 0.25) is 0 Å². The van der Waals surface area contributed by atoms with Gasteiger partial charge in [-0.25, -0.2) is 0 Å². The van der Waals surface area contributed by atoms with E-state index in [1.54, 1.807) is 0 Å². The third kappa shape index (κ3) is 4.10. The summed E-state index contributed by atoms with van der Waals surface area (Å²) in [5.74, 6) is 0.642. The largest absolute Gasteiger partial charge is 0.386 e. The van der Waals surface area contributed by atoms with Gasteiger partial charge in [-0.3, -0.25) is 0 Å². The molecule has 1 N–H and O–H groups in total. The van der Waals surface area contributed by atoms with Gasteiger partial charge in [0.15, 0.2) is 0 Å². The van der Waals surface area contributed by atoms with Crippen molar-refractivity contribution >= 4 is 0 Å². The maximum Gasteiger partial charge on any atom is 0.0799 e. The van der Waals surface area contributed by atoms with E-state index in [1.165, 1.54) is 12.8 Å². The zero-order chi connectivity index (χ0) is 10.4. The van der Waals surface area contributed by atoms with Crippen LogP contribution in [0.1, 0.15) is 46.0 Å². The van der Waals surface area contributed by atoms with E-state index < -0.39 is 5.60 Å². The van der Waals surface area contributed by atoms with Crippen molar-refractivity contribution < 1.29 is 5.11 Å². The van der Waals surface area contributed by atoms with Gasteiger partial charge >= 0.3 is 0 Å². The van der Waals surface area contributed by atoms with Gasteiger partial charge in [0, 0.05) is 0 Å². The molecule has 0 aromatic heterocycles. The van der Waals surface area contributed by atoms with Crippen LogP contribution in [0.25, 0.3) is 0 Å². The molecule has 2 unspecified atom stereocenters. The Labute approximate surface area is 87.5 Å². The Hall–Kier alpha value is -0.560. The summed E-state index contributed by atoms with van der Waals surface area (Å²) in [6.07, 6.45) is 14.1. The van der Waals surface area contributed by atoms with E-state index in [2.05, 4.69) is 25.2 Å². The monoisotopic (exact) mass is 194 g/mol. The van der Waals surface area contributed by atoms with Gasteiger partial charge < -0.3 is 5.11 Å². The van der Waals surface area contributed by atoms with Crippen molar-refractivity contribution in [2.45, 2.75) is 51.6 Å². The smallest absolute Gasteiger partial charge is 0.0799 e. The summed E-state index contributed by atoms with van der Waals surface area (Å²) in [6.45, 7) is 4.00. The first kappa shape index (κ1) is 11.5. The van der Waals surface area contributed by atoms with Gasteiger partial charge in [-0.2, -0.15) is 0 Å². The number of rotatable bonds is 4. The van der Waals surface area contributed by atoms with Gasteiger partial charge in [0.1, 0.15) is 0 Å². The second-order valence-electron chi connectivity index (χ2n) is 4.51. The lowest BCUT2D eigenvalue weighted by molar-refractivity contribution is 0.100. The molecule has 0 amide bonds. The molecule has 0 bridgehead atoms. The van der Waals surface area contributed by atoms with E-state index in [-0.39, 0.29) is 0 Å². The van der Waals surface area contributed by atoms with Gasteiger partial charge in [0.2, 0.25) is 0 Å². The van der Waals surface area contributed by atoms with Crippen molar-refractivity contribution in [3.63, 3.8) is 0 Å². The average molecular weight is 194 g/mol. The Morgan fingerprint density at radius 3 is 2.86 bits per heavy atom. The number of aliphatic hydroxyl groups is 1. The highest BCUT2D eigenvalue weighted by atomic mass is 16.3.